The molecule has 0 N–H and O–H groups in total. The Balaban J connectivity index is 1.67. The van der Waals surface area contributed by atoms with Crippen molar-refractivity contribution in [3.63, 3.8) is 0 Å². The number of rotatable bonds is 5. The molecule has 0 aliphatic carbocycles. The maximum absolute atomic E-state index is 13.2. The number of aryl methyl sites for hydroxylation is 1. The second-order valence-corrected chi connectivity index (χ2v) is 7.22. The van der Waals surface area contributed by atoms with Gasteiger partial charge in [0.1, 0.15) is 12.0 Å². The van der Waals surface area contributed by atoms with Crippen LogP contribution in [0.15, 0.2) is 24.9 Å². The number of carbonyl (C=O) groups is 1. The molecule has 1 aliphatic rings. The van der Waals surface area contributed by atoms with Gasteiger partial charge in [-0.05, 0) is 25.3 Å². The van der Waals surface area contributed by atoms with Crippen LogP contribution < -0.4 is 4.90 Å². The molecule has 3 heterocycles. The zero-order valence-electron chi connectivity index (χ0n) is 15.8. The smallest absolute Gasteiger partial charge is 0.262 e. The van der Waals surface area contributed by atoms with Crippen LogP contribution >= 0.6 is 0 Å². The van der Waals surface area contributed by atoms with Crippen molar-refractivity contribution in [1.82, 2.24) is 24.6 Å². The Labute approximate surface area is 157 Å². The predicted molar refractivity (Wildman–Crippen MR) is 97.1 cm³/mol. The van der Waals surface area contributed by atoms with Crippen molar-refractivity contribution in [1.29, 1.82) is 0 Å². The highest BCUT2D eigenvalue weighted by Gasteiger charge is 2.32. The van der Waals surface area contributed by atoms with Gasteiger partial charge in [-0.25, -0.2) is 23.4 Å². The van der Waals surface area contributed by atoms with E-state index in [1.165, 1.54) is 13.4 Å². The number of anilines is 1. The molecule has 1 aliphatic heterocycles. The van der Waals surface area contributed by atoms with Crippen LogP contribution in [-0.2, 0) is 4.79 Å². The number of alkyl halides is 2. The molecular weight excluding hydrogens is 354 g/mol. The molecule has 0 spiro atoms. The molecule has 146 valence electrons. The lowest BCUT2D eigenvalue weighted by Crippen LogP contribution is -2.44. The van der Waals surface area contributed by atoms with Crippen LogP contribution in [0.2, 0.25) is 0 Å². The van der Waals surface area contributed by atoms with E-state index >= 15 is 0 Å². The van der Waals surface area contributed by atoms with Crippen LogP contribution in [0.1, 0.15) is 25.3 Å². The van der Waals surface area contributed by atoms with Gasteiger partial charge in [0.15, 0.2) is 5.82 Å². The van der Waals surface area contributed by atoms with E-state index in [9.17, 15) is 13.6 Å². The molecule has 0 atom stereocenters. The van der Waals surface area contributed by atoms with Crippen molar-refractivity contribution in [2.24, 2.45) is 5.92 Å². The Morgan fingerprint density at radius 3 is 2.63 bits per heavy atom. The summed E-state index contributed by atoms with van der Waals surface area (Å²) in [6.45, 7) is 3.49. The average Bonchev–Trinajstić information content (AvgIpc) is 3.06. The number of piperidine rings is 1. The van der Waals surface area contributed by atoms with E-state index < -0.39 is 12.5 Å². The molecule has 27 heavy (non-hydrogen) atoms. The van der Waals surface area contributed by atoms with E-state index in [1.807, 2.05) is 13.1 Å². The summed E-state index contributed by atoms with van der Waals surface area (Å²) in [5.41, 5.74) is 1.87. The minimum absolute atomic E-state index is 0.219. The maximum atomic E-state index is 13.2. The molecule has 3 rings (SSSR count). The molecule has 0 unspecified atom stereocenters. The first kappa shape index (κ1) is 19.2. The number of nitrogens with zero attached hydrogens (tertiary/aromatic N) is 6. The Kier molecular flexibility index (Phi) is 5.38. The number of aromatic nitrogens is 4. The first-order valence-corrected chi connectivity index (χ1v) is 8.94. The van der Waals surface area contributed by atoms with Crippen molar-refractivity contribution in [3.8, 4) is 5.82 Å². The number of hydrogen-bond acceptors (Lipinski definition) is 5. The first-order valence-electron chi connectivity index (χ1n) is 8.94. The molecule has 2 aromatic heterocycles. The van der Waals surface area contributed by atoms with Gasteiger partial charge in [0.05, 0.1) is 18.9 Å². The van der Waals surface area contributed by atoms with E-state index in [0.717, 1.165) is 23.1 Å². The fourth-order valence-corrected chi connectivity index (χ4v) is 3.42. The van der Waals surface area contributed by atoms with Crippen molar-refractivity contribution < 1.29 is 13.6 Å². The van der Waals surface area contributed by atoms with Gasteiger partial charge in [0.25, 0.3) is 5.92 Å². The molecule has 0 aromatic carbocycles. The number of hydrogen-bond donors (Lipinski definition) is 0. The molecule has 1 saturated heterocycles. The summed E-state index contributed by atoms with van der Waals surface area (Å²) in [6, 6.07) is 0. The summed E-state index contributed by atoms with van der Waals surface area (Å²) in [6.07, 6.45) is 8.07. The highest BCUT2D eigenvalue weighted by atomic mass is 19.3. The number of amides is 1. The molecule has 1 fully saturated rings. The maximum Gasteiger partial charge on any atom is 0.262 e. The third kappa shape index (κ3) is 4.58. The molecule has 0 radical (unpaired) electrons. The standard InChI is InChI=1S/C18H24F2N6O/c1-13-8-23-26(10-13)16-15(9-21-12-22-16)25-6-4-14(5-7-25)17(27)24(3)11-18(2,19)20/h8-10,12,14H,4-7,11H2,1-3H3. The number of halogens is 2. The fourth-order valence-electron chi connectivity index (χ4n) is 3.42. The minimum atomic E-state index is -2.89. The van der Waals surface area contributed by atoms with Crippen molar-refractivity contribution in [2.75, 3.05) is 31.6 Å². The third-order valence-electron chi connectivity index (χ3n) is 4.68. The van der Waals surface area contributed by atoms with E-state index in [-0.39, 0.29) is 11.8 Å². The normalized spacial score (nSPS) is 15.8. The van der Waals surface area contributed by atoms with E-state index in [4.69, 9.17) is 0 Å². The molecule has 1 amide bonds. The topological polar surface area (TPSA) is 67.2 Å². The summed E-state index contributed by atoms with van der Waals surface area (Å²) in [7, 11) is 1.44. The van der Waals surface area contributed by atoms with Crippen LogP contribution in [0.3, 0.4) is 0 Å². The predicted octanol–water partition coefficient (Wildman–Crippen LogP) is 2.30. The summed E-state index contributed by atoms with van der Waals surface area (Å²) in [5.74, 6) is -2.66. The van der Waals surface area contributed by atoms with Gasteiger partial charge >= 0.3 is 0 Å². The van der Waals surface area contributed by atoms with Crippen molar-refractivity contribution in [2.45, 2.75) is 32.6 Å². The monoisotopic (exact) mass is 378 g/mol. The quantitative estimate of drug-likeness (QED) is 0.799. The second-order valence-electron chi connectivity index (χ2n) is 7.22. The van der Waals surface area contributed by atoms with Gasteiger partial charge in [0.2, 0.25) is 5.91 Å². The molecule has 2 aromatic rings. The SMILES string of the molecule is Cc1cnn(-c2ncncc2N2CCC(C(=O)N(C)CC(C)(F)F)CC2)c1. The fraction of sp³-hybridized carbons (Fsp3) is 0.556. The number of carbonyl (C=O) groups excluding carboxylic acids is 1. The summed E-state index contributed by atoms with van der Waals surface area (Å²) < 4.78 is 28.0. The van der Waals surface area contributed by atoms with Crippen LogP contribution in [0.25, 0.3) is 5.82 Å². The average molecular weight is 378 g/mol. The van der Waals surface area contributed by atoms with Crippen molar-refractivity contribution in [3.05, 3.63) is 30.5 Å². The lowest BCUT2D eigenvalue weighted by atomic mass is 9.95. The highest BCUT2D eigenvalue weighted by Crippen LogP contribution is 2.28. The molecule has 9 heteroatoms. The Hall–Kier alpha value is -2.58. The second kappa shape index (κ2) is 7.58. The summed E-state index contributed by atoms with van der Waals surface area (Å²) >= 11 is 0. The minimum Gasteiger partial charge on any atom is -0.367 e. The van der Waals surface area contributed by atoms with Crippen LogP contribution in [0.5, 0.6) is 0 Å². The zero-order valence-corrected chi connectivity index (χ0v) is 15.8. The van der Waals surface area contributed by atoms with Gasteiger partial charge in [-0.15, -0.1) is 0 Å². The lowest BCUT2D eigenvalue weighted by molar-refractivity contribution is -0.139. The lowest BCUT2D eigenvalue weighted by Gasteiger charge is -2.35. The van der Waals surface area contributed by atoms with Crippen LogP contribution in [0, 0.1) is 12.8 Å². The third-order valence-corrected chi connectivity index (χ3v) is 4.68. The Bertz CT molecular complexity index is 795. The Morgan fingerprint density at radius 2 is 2.04 bits per heavy atom. The van der Waals surface area contributed by atoms with E-state index in [1.54, 1.807) is 17.1 Å². The van der Waals surface area contributed by atoms with Crippen molar-refractivity contribution >= 4 is 11.6 Å². The van der Waals surface area contributed by atoms with E-state index in [0.29, 0.717) is 31.7 Å². The molecule has 0 saturated carbocycles. The van der Waals surface area contributed by atoms with Gasteiger partial charge in [0, 0.05) is 39.2 Å². The first-order chi connectivity index (χ1) is 12.7. The van der Waals surface area contributed by atoms with Gasteiger partial charge in [-0.3, -0.25) is 4.79 Å². The van der Waals surface area contributed by atoms with Gasteiger partial charge < -0.3 is 9.80 Å². The van der Waals surface area contributed by atoms with Crippen LogP contribution in [0.4, 0.5) is 14.5 Å². The molecular formula is C18H24F2N6O. The van der Waals surface area contributed by atoms with E-state index in [2.05, 4.69) is 20.0 Å². The highest BCUT2D eigenvalue weighted by molar-refractivity contribution is 5.79. The molecule has 7 nitrogen and oxygen atoms in total. The zero-order chi connectivity index (χ0) is 19.6. The molecule has 0 bridgehead atoms. The van der Waals surface area contributed by atoms with Gasteiger partial charge in [-0.2, -0.15) is 5.10 Å². The largest absolute Gasteiger partial charge is 0.367 e. The van der Waals surface area contributed by atoms with Crippen LogP contribution in [-0.4, -0.2) is 63.2 Å². The summed E-state index contributed by atoms with van der Waals surface area (Å²) in [4.78, 5) is 24.2. The Morgan fingerprint density at radius 1 is 1.33 bits per heavy atom. The summed E-state index contributed by atoms with van der Waals surface area (Å²) in [5, 5.41) is 4.31. The van der Waals surface area contributed by atoms with Gasteiger partial charge in [-0.1, -0.05) is 0 Å².